The predicted molar refractivity (Wildman–Crippen MR) is 160 cm³/mol. The van der Waals surface area contributed by atoms with Gasteiger partial charge >= 0.3 is 0 Å². The van der Waals surface area contributed by atoms with Crippen molar-refractivity contribution in [2.75, 3.05) is 17.1 Å². The van der Waals surface area contributed by atoms with Crippen molar-refractivity contribution < 1.29 is 18.0 Å². The number of carbonyl (C=O) groups is 2. The number of hydrogen-bond acceptors (Lipinski definition) is 4. The second kappa shape index (κ2) is 13.3. The van der Waals surface area contributed by atoms with Crippen LogP contribution in [-0.2, 0) is 32.6 Å². The minimum absolute atomic E-state index is 0.0674. The van der Waals surface area contributed by atoms with Crippen LogP contribution >= 0.6 is 11.6 Å². The lowest BCUT2D eigenvalue weighted by Gasteiger charge is -2.34. The number of sulfonamides is 1. The van der Waals surface area contributed by atoms with Gasteiger partial charge in [0.05, 0.1) is 17.0 Å². The minimum Gasteiger partial charge on any atom is -0.352 e. The molecule has 0 radical (unpaired) electrons. The number of hydrogen-bond donors (Lipinski definition) is 1. The van der Waals surface area contributed by atoms with E-state index in [9.17, 15) is 18.0 Å². The topological polar surface area (TPSA) is 86.8 Å². The van der Waals surface area contributed by atoms with Crippen LogP contribution in [0.2, 0.25) is 5.02 Å². The normalized spacial score (nSPS) is 14.5. The highest BCUT2D eigenvalue weighted by Gasteiger charge is 2.34. The van der Waals surface area contributed by atoms with Crippen molar-refractivity contribution in [3.8, 4) is 0 Å². The number of halogens is 1. The maximum atomic E-state index is 14.1. The summed E-state index contributed by atoms with van der Waals surface area (Å²) in [4.78, 5) is 29.5. The van der Waals surface area contributed by atoms with E-state index in [1.54, 1.807) is 24.3 Å². The number of carbonyl (C=O) groups excluding carboxylic acids is 2. The molecule has 0 spiro atoms. The largest absolute Gasteiger partial charge is 0.352 e. The van der Waals surface area contributed by atoms with E-state index < -0.39 is 28.5 Å². The number of amides is 2. The van der Waals surface area contributed by atoms with E-state index in [1.165, 1.54) is 4.90 Å². The van der Waals surface area contributed by atoms with Gasteiger partial charge in [-0.1, -0.05) is 96.7 Å². The summed E-state index contributed by atoms with van der Waals surface area (Å²) in [5.41, 5.74) is 3.03. The van der Waals surface area contributed by atoms with E-state index in [0.29, 0.717) is 6.42 Å². The van der Waals surface area contributed by atoms with Crippen LogP contribution in [0, 0.1) is 6.92 Å². The van der Waals surface area contributed by atoms with Crippen molar-refractivity contribution in [3.63, 3.8) is 0 Å². The van der Waals surface area contributed by atoms with Gasteiger partial charge in [-0.2, -0.15) is 0 Å². The Morgan fingerprint density at radius 3 is 2.17 bits per heavy atom. The molecule has 3 aromatic rings. The van der Waals surface area contributed by atoms with E-state index in [-0.39, 0.29) is 29.2 Å². The Hall–Kier alpha value is -3.36. The summed E-state index contributed by atoms with van der Waals surface area (Å²) >= 11 is 6.35. The Balaban J connectivity index is 1.72. The Bertz CT molecular complexity index is 1410. The molecular formula is C31H36ClN3O4S. The highest BCUT2D eigenvalue weighted by atomic mass is 35.5. The zero-order chi connectivity index (χ0) is 28.7. The molecule has 0 aliphatic heterocycles. The first-order valence-corrected chi connectivity index (χ1v) is 15.8. The van der Waals surface area contributed by atoms with Gasteiger partial charge in [0.25, 0.3) is 0 Å². The predicted octanol–water partition coefficient (Wildman–Crippen LogP) is 5.11. The Morgan fingerprint density at radius 2 is 1.55 bits per heavy atom. The molecule has 0 saturated heterocycles. The average Bonchev–Trinajstić information content (AvgIpc) is 3.43. The molecule has 40 heavy (non-hydrogen) atoms. The van der Waals surface area contributed by atoms with Gasteiger partial charge in [-0.15, -0.1) is 0 Å². The van der Waals surface area contributed by atoms with Crippen LogP contribution in [0.1, 0.15) is 42.4 Å². The first-order valence-electron chi connectivity index (χ1n) is 13.5. The molecule has 212 valence electrons. The molecule has 4 rings (SSSR count). The van der Waals surface area contributed by atoms with Crippen molar-refractivity contribution in [1.82, 2.24) is 10.2 Å². The lowest BCUT2D eigenvalue weighted by atomic mass is 10.0. The van der Waals surface area contributed by atoms with Crippen LogP contribution in [0.25, 0.3) is 0 Å². The minimum atomic E-state index is -3.87. The first-order chi connectivity index (χ1) is 19.1. The van der Waals surface area contributed by atoms with Crippen LogP contribution in [-0.4, -0.2) is 50.0 Å². The maximum absolute atomic E-state index is 14.1. The lowest BCUT2D eigenvalue weighted by molar-refractivity contribution is -0.140. The highest BCUT2D eigenvalue weighted by Crippen LogP contribution is 2.28. The zero-order valence-corrected chi connectivity index (χ0v) is 24.5. The molecule has 1 atom stereocenters. The average molecular weight is 582 g/mol. The summed E-state index contributed by atoms with van der Waals surface area (Å²) in [6.07, 6.45) is 5.27. The summed E-state index contributed by atoms with van der Waals surface area (Å²) in [5.74, 6) is -0.728. The van der Waals surface area contributed by atoms with Gasteiger partial charge in [0.1, 0.15) is 12.6 Å². The van der Waals surface area contributed by atoms with Crippen LogP contribution in [0.5, 0.6) is 0 Å². The lowest BCUT2D eigenvalue weighted by Crippen LogP contribution is -2.54. The molecule has 0 bridgehead atoms. The molecule has 1 saturated carbocycles. The Labute approximate surface area is 242 Å². The molecule has 0 unspecified atom stereocenters. The van der Waals surface area contributed by atoms with Gasteiger partial charge in [0.15, 0.2) is 0 Å². The van der Waals surface area contributed by atoms with E-state index >= 15 is 0 Å². The zero-order valence-electron chi connectivity index (χ0n) is 22.9. The number of anilines is 1. The quantitative estimate of drug-likeness (QED) is 0.341. The number of aryl methyl sites for hydroxylation is 1. The number of para-hydroxylation sites is 1. The molecule has 1 N–H and O–H groups in total. The van der Waals surface area contributed by atoms with Gasteiger partial charge < -0.3 is 10.2 Å². The molecule has 0 heterocycles. The Morgan fingerprint density at radius 1 is 0.925 bits per heavy atom. The molecule has 7 nitrogen and oxygen atoms in total. The molecule has 0 aromatic heterocycles. The molecule has 3 aromatic carbocycles. The van der Waals surface area contributed by atoms with E-state index in [0.717, 1.165) is 52.9 Å². The number of benzene rings is 3. The summed E-state index contributed by atoms with van der Waals surface area (Å²) in [5, 5.41) is 3.38. The van der Waals surface area contributed by atoms with E-state index in [1.807, 2.05) is 61.5 Å². The summed E-state index contributed by atoms with van der Waals surface area (Å²) in [6.45, 7) is 1.64. The van der Waals surface area contributed by atoms with Crippen molar-refractivity contribution in [2.45, 2.75) is 57.7 Å². The number of rotatable bonds is 11. The summed E-state index contributed by atoms with van der Waals surface area (Å²) < 4.78 is 26.8. The van der Waals surface area contributed by atoms with E-state index in [2.05, 4.69) is 5.32 Å². The van der Waals surface area contributed by atoms with Crippen LogP contribution < -0.4 is 9.62 Å². The maximum Gasteiger partial charge on any atom is 0.244 e. The summed E-state index contributed by atoms with van der Waals surface area (Å²) in [6, 6.07) is 23.0. The van der Waals surface area contributed by atoms with Crippen molar-refractivity contribution >= 4 is 39.1 Å². The number of nitrogens with zero attached hydrogens (tertiary/aromatic N) is 2. The monoisotopic (exact) mass is 581 g/mol. The summed E-state index contributed by atoms with van der Waals surface area (Å²) in [7, 11) is -3.87. The fraction of sp³-hybridized carbons (Fsp3) is 0.355. The van der Waals surface area contributed by atoms with Gasteiger partial charge in [0, 0.05) is 19.0 Å². The smallest absolute Gasteiger partial charge is 0.244 e. The van der Waals surface area contributed by atoms with Crippen LogP contribution in [0.4, 0.5) is 5.69 Å². The standard InChI is InChI=1S/C31H36ClN3O4S/c1-23-16-18-25(19-17-23)21-34(30(36)22-35(40(2,38)39)28-15-9-8-14-27(28)32)29(20-24-10-4-3-5-11-24)31(37)33-26-12-6-7-13-26/h3-5,8-11,14-19,26,29H,6-7,12-13,20-22H2,1-2H3,(H,33,37)/t29-/m0/s1. The van der Waals surface area contributed by atoms with Crippen LogP contribution in [0.15, 0.2) is 78.9 Å². The SMILES string of the molecule is Cc1ccc(CN(C(=O)CN(c2ccccc2Cl)S(C)(=O)=O)[C@@H](Cc2ccccc2)C(=O)NC2CCCC2)cc1. The second-order valence-electron chi connectivity index (χ2n) is 10.4. The number of nitrogens with one attached hydrogen (secondary N) is 1. The molecule has 1 aliphatic carbocycles. The van der Waals surface area contributed by atoms with Gasteiger partial charge in [-0.25, -0.2) is 8.42 Å². The van der Waals surface area contributed by atoms with Crippen molar-refractivity contribution in [1.29, 1.82) is 0 Å². The van der Waals surface area contributed by atoms with Gasteiger partial charge in [0.2, 0.25) is 21.8 Å². The molecule has 2 amide bonds. The van der Waals surface area contributed by atoms with Crippen molar-refractivity contribution in [3.05, 3.63) is 101 Å². The first kappa shape index (κ1) is 29.6. The third-order valence-electron chi connectivity index (χ3n) is 7.25. The third-order valence-corrected chi connectivity index (χ3v) is 8.69. The Kier molecular flexibility index (Phi) is 9.87. The van der Waals surface area contributed by atoms with E-state index in [4.69, 9.17) is 11.6 Å². The third kappa shape index (κ3) is 7.86. The fourth-order valence-electron chi connectivity index (χ4n) is 5.06. The fourth-order valence-corrected chi connectivity index (χ4v) is 6.21. The highest BCUT2D eigenvalue weighted by molar-refractivity contribution is 7.92. The van der Waals surface area contributed by atoms with Crippen LogP contribution in [0.3, 0.4) is 0 Å². The molecule has 1 fully saturated rings. The molecule has 1 aliphatic rings. The molecule has 9 heteroatoms. The van der Waals surface area contributed by atoms with Gasteiger partial charge in [-0.05, 0) is 43.0 Å². The van der Waals surface area contributed by atoms with Gasteiger partial charge in [-0.3, -0.25) is 13.9 Å². The second-order valence-corrected chi connectivity index (χ2v) is 12.7. The molecular weight excluding hydrogens is 546 g/mol. The van der Waals surface area contributed by atoms with Crippen molar-refractivity contribution in [2.24, 2.45) is 0 Å².